The highest BCUT2D eigenvalue weighted by molar-refractivity contribution is 9.11. The van der Waals surface area contributed by atoms with Crippen molar-refractivity contribution in [2.24, 2.45) is 17.8 Å². The molecule has 4 aliphatic rings. The highest BCUT2D eigenvalue weighted by Gasteiger charge is 2.36. The molecule has 296 valence electrons. The molecule has 11 nitrogen and oxygen atoms in total. The van der Waals surface area contributed by atoms with Gasteiger partial charge in [0.25, 0.3) is 0 Å². The fourth-order valence-electron chi connectivity index (χ4n) is 8.68. The zero-order chi connectivity index (χ0) is 39.2. The Morgan fingerprint density at radius 2 is 1.57 bits per heavy atom. The number of carbonyl (C=O) groups is 4. The summed E-state index contributed by atoms with van der Waals surface area (Å²) >= 11 is 6.84. The predicted octanol–water partition coefficient (Wildman–Crippen LogP) is 5.53. The Kier molecular flexibility index (Phi) is 13.2. The van der Waals surface area contributed by atoms with Crippen LogP contribution in [0.2, 0.25) is 0 Å². The molecule has 1 aromatic heterocycles. The van der Waals surface area contributed by atoms with Crippen molar-refractivity contribution in [2.45, 2.75) is 57.4 Å². The normalized spacial score (nSPS) is 19.2. The SMILES string of the molecule is O=C1Cc2ccccc2C=C1C1CCN(C(=O)C[C@H](Cc2cc(Br)c(O)c(Br)c2)C(=O)N[C@@H](CC2CCNCC2)C(=O)N2CCN(c3ccncc3)CC2)CC1. The number of fused-ring (bicyclic) bond motifs is 1. The average Bonchev–Trinajstić information content (AvgIpc) is 3.22. The molecule has 0 saturated carbocycles. The van der Waals surface area contributed by atoms with E-state index in [1.54, 1.807) is 24.5 Å². The second kappa shape index (κ2) is 18.5. The standard InChI is InChI=1S/C43H50Br2N6O5/c44-36-22-29(23-37(45)41(36)54)21-33(27-40(53)50-15-9-30(10-16-50)35-25-31-3-1-2-4-32(31)26-39(35)52)42(55)48-38(24-28-5-11-46-12-6-28)43(56)51-19-17-49(18-20-51)34-7-13-47-14-8-34/h1-4,7-8,13-14,22-23,25,28,30,33,38,46,54H,5-6,9-12,15-21,24,26-27H2,(H,48,55)/t33-,38-/m0/s1. The van der Waals surface area contributed by atoms with Gasteiger partial charge < -0.3 is 30.4 Å². The predicted molar refractivity (Wildman–Crippen MR) is 223 cm³/mol. The maximum absolute atomic E-state index is 14.5. The van der Waals surface area contributed by atoms with Gasteiger partial charge in [0.2, 0.25) is 17.7 Å². The van der Waals surface area contributed by atoms with Crippen LogP contribution in [0.15, 0.2) is 75.4 Å². The van der Waals surface area contributed by atoms with Gasteiger partial charge in [0, 0.05) is 70.2 Å². The van der Waals surface area contributed by atoms with Gasteiger partial charge in [-0.15, -0.1) is 0 Å². The van der Waals surface area contributed by atoms with Crippen molar-refractivity contribution in [3.8, 4) is 5.75 Å². The number of benzene rings is 2. The summed E-state index contributed by atoms with van der Waals surface area (Å²) in [7, 11) is 0. The van der Waals surface area contributed by atoms with Crippen molar-refractivity contribution in [1.82, 2.24) is 25.4 Å². The number of nitrogens with one attached hydrogen (secondary N) is 2. The summed E-state index contributed by atoms with van der Waals surface area (Å²) in [6.07, 6.45) is 9.95. The Hall–Kier alpha value is -4.07. The van der Waals surface area contributed by atoms with E-state index in [-0.39, 0.29) is 53.9 Å². The quantitative estimate of drug-likeness (QED) is 0.229. The van der Waals surface area contributed by atoms with Crippen LogP contribution >= 0.6 is 31.9 Å². The molecule has 3 saturated heterocycles. The first-order valence-electron chi connectivity index (χ1n) is 19.8. The largest absolute Gasteiger partial charge is 0.506 e. The molecule has 3 aliphatic heterocycles. The van der Waals surface area contributed by atoms with E-state index in [1.165, 1.54) is 0 Å². The molecule has 1 aliphatic carbocycles. The number of phenolic OH excluding ortho intramolecular Hbond substituents is 1. The van der Waals surface area contributed by atoms with Crippen LogP contribution in [0.1, 0.15) is 55.2 Å². The molecule has 0 radical (unpaired) electrons. The van der Waals surface area contributed by atoms with Crippen LogP contribution in [0.25, 0.3) is 6.08 Å². The first kappa shape index (κ1) is 40.1. The molecule has 0 bridgehead atoms. The smallest absolute Gasteiger partial charge is 0.245 e. The minimum Gasteiger partial charge on any atom is -0.506 e. The fraction of sp³-hybridized carbons (Fsp3) is 0.465. The fourth-order valence-corrected chi connectivity index (χ4v) is 9.97. The summed E-state index contributed by atoms with van der Waals surface area (Å²) in [5.41, 5.74) is 4.82. The lowest BCUT2D eigenvalue weighted by Gasteiger charge is -2.38. The molecule has 7 rings (SSSR count). The van der Waals surface area contributed by atoms with Gasteiger partial charge in [0.05, 0.1) is 14.9 Å². The minimum atomic E-state index is -0.755. The minimum absolute atomic E-state index is 0.0273. The zero-order valence-electron chi connectivity index (χ0n) is 31.6. The number of likely N-dealkylation sites (tertiary alicyclic amines) is 1. The number of Topliss-reactive ketones (excluding diaryl/α,β-unsaturated/α-hetero) is 1. The number of piperidine rings is 2. The Labute approximate surface area is 345 Å². The van der Waals surface area contributed by atoms with Gasteiger partial charge in [-0.1, -0.05) is 24.3 Å². The summed E-state index contributed by atoms with van der Waals surface area (Å²) in [6.45, 7) is 5.21. The van der Waals surface area contributed by atoms with Gasteiger partial charge >= 0.3 is 0 Å². The molecule has 3 N–H and O–H groups in total. The number of aromatic nitrogens is 1. The van der Waals surface area contributed by atoms with Crippen LogP contribution in [0.5, 0.6) is 5.75 Å². The summed E-state index contributed by atoms with van der Waals surface area (Å²) in [6, 6.07) is 14.8. The number of carbonyl (C=O) groups excluding carboxylic acids is 4. The number of rotatable bonds is 11. The van der Waals surface area contributed by atoms with Crippen LogP contribution in [-0.4, -0.2) is 102 Å². The van der Waals surface area contributed by atoms with Crippen LogP contribution < -0.4 is 15.5 Å². The van der Waals surface area contributed by atoms with Gasteiger partial charge in [-0.3, -0.25) is 24.2 Å². The third-order valence-corrected chi connectivity index (χ3v) is 13.1. The molecule has 0 spiro atoms. The van der Waals surface area contributed by atoms with E-state index in [0.717, 1.165) is 53.9 Å². The Balaban J connectivity index is 1.05. The molecule has 2 atom stereocenters. The molecule has 0 unspecified atom stereocenters. The Bertz CT molecular complexity index is 1910. The maximum atomic E-state index is 14.5. The topological polar surface area (TPSA) is 135 Å². The van der Waals surface area contributed by atoms with Crippen molar-refractivity contribution in [3.05, 3.63) is 92.1 Å². The number of aromatic hydroxyl groups is 1. The molecular weight excluding hydrogens is 840 g/mol. The summed E-state index contributed by atoms with van der Waals surface area (Å²) in [5.74, 6) is -0.706. The van der Waals surface area contributed by atoms with E-state index < -0.39 is 12.0 Å². The number of hydrogen-bond acceptors (Lipinski definition) is 8. The zero-order valence-corrected chi connectivity index (χ0v) is 34.8. The van der Waals surface area contributed by atoms with Crippen molar-refractivity contribution in [2.75, 3.05) is 57.3 Å². The van der Waals surface area contributed by atoms with Crippen molar-refractivity contribution in [3.63, 3.8) is 0 Å². The summed E-state index contributed by atoms with van der Waals surface area (Å²) in [4.78, 5) is 66.0. The van der Waals surface area contributed by atoms with E-state index in [1.807, 2.05) is 52.3 Å². The summed E-state index contributed by atoms with van der Waals surface area (Å²) in [5, 5.41) is 17.0. The second-order valence-corrected chi connectivity index (χ2v) is 17.3. The van der Waals surface area contributed by atoms with E-state index in [0.29, 0.717) is 73.9 Å². The van der Waals surface area contributed by atoms with Gasteiger partial charge in [-0.2, -0.15) is 0 Å². The number of hydrogen-bond donors (Lipinski definition) is 3. The molecule has 4 heterocycles. The summed E-state index contributed by atoms with van der Waals surface area (Å²) < 4.78 is 0.960. The van der Waals surface area contributed by atoms with Gasteiger partial charge in [-0.05, 0) is 148 Å². The lowest BCUT2D eigenvalue weighted by Crippen LogP contribution is -2.56. The molecule has 3 aromatic rings. The van der Waals surface area contributed by atoms with Crippen LogP contribution in [0.4, 0.5) is 5.69 Å². The number of amides is 3. The van der Waals surface area contributed by atoms with Crippen molar-refractivity contribution >= 4 is 67.1 Å². The number of halogens is 2. The van der Waals surface area contributed by atoms with Gasteiger partial charge in [0.15, 0.2) is 5.78 Å². The van der Waals surface area contributed by atoms with Crippen LogP contribution in [0.3, 0.4) is 0 Å². The van der Waals surface area contributed by atoms with E-state index in [2.05, 4.69) is 52.4 Å². The lowest BCUT2D eigenvalue weighted by molar-refractivity contribution is -0.140. The first-order chi connectivity index (χ1) is 27.1. The number of nitrogens with zero attached hydrogens (tertiary/aromatic N) is 4. The lowest BCUT2D eigenvalue weighted by atomic mass is 9.80. The average molecular weight is 891 g/mol. The van der Waals surface area contributed by atoms with E-state index >= 15 is 0 Å². The molecule has 2 aromatic carbocycles. The number of piperazine rings is 1. The van der Waals surface area contributed by atoms with Crippen molar-refractivity contribution < 1.29 is 24.3 Å². The van der Waals surface area contributed by atoms with E-state index in [9.17, 15) is 24.3 Å². The number of allylic oxidation sites excluding steroid dienone is 1. The van der Waals surface area contributed by atoms with Crippen LogP contribution in [0, 0.1) is 17.8 Å². The van der Waals surface area contributed by atoms with Crippen LogP contribution in [-0.2, 0) is 32.0 Å². The third-order valence-electron chi connectivity index (χ3n) is 11.9. The molecule has 3 fully saturated rings. The van der Waals surface area contributed by atoms with Crippen molar-refractivity contribution in [1.29, 1.82) is 0 Å². The van der Waals surface area contributed by atoms with E-state index in [4.69, 9.17) is 0 Å². The number of phenols is 1. The second-order valence-electron chi connectivity index (χ2n) is 15.6. The Morgan fingerprint density at radius 1 is 0.893 bits per heavy atom. The monoisotopic (exact) mass is 888 g/mol. The molecule has 13 heteroatoms. The number of ketones is 1. The highest BCUT2D eigenvalue weighted by Crippen LogP contribution is 2.35. The first-order valence-corrected chi connectivity index (χ1v) is 21.4. The number of pyridine rings is 1. The van der Waals surface area contributed by atoms with Gasteiger partial charge in [0.1, 0.15) is 11.8 Å². The highest BCUT2D eigenvalue weighted by atomic mass is 79.9. The maximum Gasteiger partial charge on any atom is 0.245 e. The Morgan fingerprint density at radius 3 is 2.27 bits per heavy atom. The molecule has 56 heavy (non-hydrogen) atoms. The van der Waals surface area contributed by atoms with Gasteiger partial charge in [-0.25, -0.2) is 0 Å². The number of anilines is 1. The molecule has 3 amide bonds. The third kappa shape index (κ3) is 9.71. The molecular formula is C43H50Br2N6O5.